The minimum atomic E-state index is 0.00454. The van der Waals surface area contributed by atoms with Crippen LogP contribution in [0.1, 0.15) is 48.0 Å². The van der Waals surface area contributed by atoms with E-state index in [0.717, 1.165) is 22.6 Å². The fourth-order valence-electron chi connectivity index (χ4n) is 2.54. The number of hydrogen-bond donors (Lipinski definition) is 1. The summed E-state index contributed by atoms with van der Waals surface area (Å²) < 4.78 is 5.21. The first-order valence-electron chi connectivity index (χ1n) is 6.74. The summed E-state index contributed by atoms with van der Waals surface area (Å²) >= 11 is 0. The van der Waals surface area contributed by atoms with Crippen molar-refractivity contribution in [3.05, 3.63) is 52.9 Å². The highest BCUT2D eigenvalue weighted by molar-refractivity contribution is 5.26. The zero-order valence-corrected chi connectivity index (χ0v) is 12.1. The summed E-state index contributed by atoms with van der Waals surface area (Å²) in [5.41, 5.74) is 3.09. The van der Waals surface area contributed by atoms with Gasteiger partial charge in [-0.1, -0.05) is 35.5 Å². The second-order valence-electron chi connectivity index (χ2n) is 4.95. The number of benzene rings is 1. The Balaban J connectivity index is 2.19. The lowest BCUT2D eigenvalue weighted by Crippen LogP contribution is -2.25. The molecule has 0 saturated carbocycles. The normalized spacial score (nSPS) is 13.7. The fraction of sp³-hybridized carbons (Fsp3) is 0.375. The van der Waals surface area contributed by atoms with Gasteiger partial charge in [0.2, 0.25) is 0 Å². The number of nitriles is 1. The molecule has 0 amide bonds. The summed E-state index contributed by atoms with van der Waals surface area (Å²) in [4.78, 5) is 0. The van der Waals surface area contributed by atoms with Gasteiger partial charge in [0.05, 0.1) is 18.2 Å². The van der Waals surface area contributed by atoms with E-state index in [1.165, 1.54) is 0 Å². The molecule has 0 aliphatic heterocycles. The Hall–Kier alpha value is -2.12. The van der Waals surface area contributed by atoms with Crippen LogP contribution in [0, 0.1) is 25.2 Å². The van der Waals surface area contributed by atoms with E-state index in [0.29, 0.717) is 6.42 Å². The molecule has 2 aromatic rings. The second-order valence-corrected chi connectivity index (χ2v) is 4.95. The van der Waals surface area contributed by atoms with Crippen LogP contribution in [-0.2, 0) is 0 Å². The van der Waals surface area contributed by atoms with Crippen LogP contribution in [0.4, 0.5) is 0 Å². The summed E-state index contributed by atoms with van der Waals surface area (Å²) in [5.74, 6) is 0.825. The number of aryl methyl sites for hydroxylation is 2. The van der Waals surface area contributed by atoms with Crippen molar-refractivity contribution in [3.8, 4) is 6.07 Å². The van der Waals surface area contributed by atoms with Gasteiger partial charge in [-0.25, -0.2) is 0 Å². The van der Waals surface area contributed by atoms with E-state index >= 15 is 0 Å². The molecule has 1 aromatic heterocycles. The molecule has 0 aliphatic carbocycles. The van der Waals surface area contributed by atoms with Crippen LogP contribution >= 0.6 is 0 Å². The standard InChI is InChI=1S/C16H19N3O/c1-11(16-12(2)19-20-13(16)3)18-15(9-10-17)14-7-5-4-6-8-14/h4-8,11,15,18H,9H2,1-3H3. The fourth-order valence-corrected chi connectivity index (χ4v) is 2.54. The van der Waals surface area contributed by atoms with Gasteiger partial charge >= 0.3 is 0 Å². The molecular weight excluding hydrogens is 250 g/mol. The van der Waals surface area contributed by atoms with Gasteiger partial charge < -0.3 is 9.84 Å². The number of aromatic nitrogens is 1. The molecule has 0 bridgehead atoms. The molecule has 2 unspecified atom stereocenters. The quantitative estimate of drug-likeness (QED) is 0.901. The van der Waals surface area contributed by atoms with Gasteiger partial charge in [0.25, 0.3) is 0 Å². The minimum absolute atomic E-state index is 0.00454. The summed E-state index contributed by atoms with van der Waals surface area (Å²) in [6.45, 7) is 5.92. The molecule has 1 heterocycles. The Bertz CT molecular complexity index is 578. The molecule has 0 spiro atoms. The zero-order chi connectivity index (χ0) is 14.5. The average Bonchev–Trinajstić information content (AvgIpc) is 2.78. The van der Waals surface area contributed by atoms with Gasteiger partial charge in [-0.15, -0.1) is 0 Å². The van der Waals surface area contributed by atoms with Crippen molar-refractivity contribution in [1.82, 2.24) is 10.5 Å². The van der Waals surface area contributed by atoms with Crippen LogP contribution in [-0.4, -0.2) is 5.16 Å². The summed E-state index contributed by atoms with van der Waals surface area (Å²) in [6, 6.07) is 12.4. The van der Waals surface area contributed by atoms with Gasteiger partial charge in [0, 0.05) is 17.6 Å². The van der Waals surface area contributed by atoms with Gasteiger partial charge in [-0.3, -0.25) is 0 Å². The van der Waals surface area contributed by atoms with Gasteiger partial charge in [0.1, 0.15) is 5.76 Å². The van der Waals surface area contributed by atoms with Crippen molar-refractivity contribution in [3.63, 3.8) is 0 Å². The highest BCUT2D eigenvalue weighted by Crippen LogP contribution is 2.25. The number of nitrogens with zero attached hydrogens (tertiary/aromatic N) is 2. The Labute approximate surface area is 119 Å². The van der Waals surface area contributed by atoms with Gasteiger partial charge in [-0.2, -0.15) is 5.26 Å². The average molecular weight is 269 g/mol. The van der Waals surface area contributed by atoms with E-state index in [4.69, 9.17) is 9.78 Å². The molecule has 0 aliphatic rings. The number of nitrogens with one attached hydrogen (secondary N) is 1. The molecular formula is C16H19N3O. The molecule has 4 nitrogen and oxygen atoms in total. The van der Waals surface area contributed by atoms with E-state index in [9.17, 15) is 0 Å². The summed E-state index contributed by atoms with van der Waals surface area (Å²) in [5, 5.41) is 16.5. The molecule has 2 atom stereocenters. The molecule has 0 saturated heterocycles. The maximum Gasteiger partial charge on any atom is 0.138 e. The summed E-state index contributed by atoms with van der Waals surface area (Å²) in [6.07, 6.45) is 0.428. The highest BCUT2D eigenvalue weighted by atomic mass is 16.5. The lowest BCUT2D eigenvalue weighted by atomic mass is 10.0. The van der Waals surface area contributed by atoms with E-state index in [-0.39, 0.29) is 12.1 Å². The number of rotatable bonds is 5. The zero-order valence-electron chi connectivity index (χ0n) is 12.1. The Morgan fingerprint density at radius 3 is 2.55 bits per heavy atom. The Kier molecular flexibility index (Phi) is 4.54. The topological polar surface area (TPSA) is 61.9 Å². The molecule has 20 heavy (non-hydrogen) atoms. The Morgan fingerprint density at radius 2 is 2.00 bits per heavy atom. The molecule has 0 radical (unpaired) electrons. The van der Waals surface area contributed by atoms with Crippen molar-refractivity contribution in [2.75, 3.05) is 0 Å². The highest BCUT2D eigenvalue weighted by Gasteiger charge is 2.20. The van der Waals surface area contributed by atoms with Crippen molar-refractivity contribution < 1.29 is 4.52 Å². The molecule has 104 valence electrons. The van der Waals surface area contributed by atoms with Crippen molar-refractivity contribution in [1.29, 1.82) is 5.26 Å². The minimum Gasteiger partial charge on any atom is -0.361 e. The van der Waals surface area contributed by atoms with Crippen LogP contribution in [0.15, 0.2) is 34.9 Å². The third-order valence-corrected chi connectivity index (χ3v) is 3.47. The van der Waals surface area contributed by atoms with Crippen molar-refractivity contribution in [2.24, 2.45) is 0 Å². The first-order valence-corrected chi connectivity index (χ1v) is 6.74. The first-order chi connectivity index (χ1) is 9.63. The molecule has 0 fully saturated rings. The van der Waals surface area contributed by atoms with E-state index in [1.807, 2.05) is 44.2 Å². The maximum absolute atomic E-state index is 9.03. The second kappa shape index (κ2) is 6.36. The predicted molar refractivity (Wildman–Crippen MR) is 76.9 cm³/mol. The lowest BCUT2D eigenvalue weighted by molar-refractivity contribution is 0.389. The third kappa shape index (κ3) is 3.06. The predicted octanol–water partition coefficient (Wildman–Crippen LogP) is 3.60. The van der Waals surface area contributed by atoms with Crippen molar-refractivity contribution >= 4 is 0 Å². The molecule has 4 heteroatoms. The number of hydrogen-bond acceptors (Lipinski definition) is 4. The maximum atomic E-state index is 9.03. The van der Waals surface area contributed by atoms with E-state index in [2.05, 4.69) is 23.5 Å². The van der Waals surface area contributed by atoms with Gasteiger partial charge in [0.15, 0.2) is 0 Å². The lowest BCUT2D eigenvalue weighted by Gasteiger charge is -2.22. The largest absolute Gasteiger partial charge is 0.361 e. The smallest absolute Gasteiger partial charge is 0.138 e. The molecule has 1 N–H and O–H groups in total. The first kappa shape index (κ1) is 14.3. The van der Waals surface area contributed by atoms with Crippen LogP contribution in [0.2, 0.25) is 0 Å². The summed E-state index contributed by atoms with van der Waals surface area (Å²) in [7, 11) is 0. The SMILES string of the molecule is Cc1noc(C)c1C(C)NC(CC#N)c1ccccc1. The van der Waals surface area contributed by atoms with Gasteiger partial charge in [-0.05, 0) is 26.3 Å². The Morgan fingerprint density at radius 1 is 1.30 bits per heavy atom. The van der Waals surface area contributed by atoms with Crippen LogP contribution in [0.3, 0.4) is 0 Å². The van der Waals surface area contributed by atoms with Crippen LogP contribution in [0.25, 0.3) is 0 Å². The van der Waals surface area contributed by atoms with E-state index in [1.54, 1.807) is 0 Å². The van der Waals surface area contributed by atoms with E-state index < -0.39 is 0 Å². The molecule has 2 rings (SSSR count). The molecule has 1 aromatic carbocycles. The van der Waals surface area contributed by atoms with Crippen molar-refractivity contribution in [2.45, 2.75) is 39.3 Å². The third-order valence-electron chi connectivity index (χ3n) is 3.47. The van der Waals surface area contributed by atoms with Crippen LogP contribution < -0.4 is 5.32 Å². The van der Waals surface area contributed by atoms with Crippen LogP contribution in [0.5, 0.6) is 0 Å². The monoisotopic (exact) mass is 269 g/mol.